The van der Waals surface area contributed by atoms with E-state index >= 15 is 0 Å². The first-order valence-electron chi connectivity index (χ1n) is 5.13. The Kier molecular flexibility index (Phi) is 3.22. The number of halogens is 3. The summed E-state index contributed by atoms with van der Waals surface area (Å²) in [6.45, 7) is 0. The summed E-state index contributed by atoms with van der Waals surface area (Å²) in [4.78, 5) is 3.84. The monoisotopic (exact) mass is 258 g/mol. The number of nitrogens with zero attached hydrogens (tertiary/aromatic N) is 2. The third-order valence-electron chi connectivity index (χ3n) is 2.19. The van der Waals surface area contributed by atoms with Gasteiger partial charge in [-0.15, -0.1) is 0 Å². The van der Waals surface area contributed by atoms with Crippen molar-refractivity contribution in [3.63, 3.8) is 0 Å². The van der Waals surface area contributed by atoms with E-state index in [0.717, 1.165) is 0 Å². The number of aromatic nitrogens is 2. The quantitative estimate of drug-likeness (QED) is 0.919. The van der Waals surface area contributed by atoms with Crippen LogP contribution in [0.2, 0.25) is 0 Å². The minimum atomic E-state index is -4.24. The van der Waals surface area contributed by atoms with Crippen LogP contribution in [-0.2, 0) is 6.42 Å². The van der Waals surface area contributed by atoms with Gasteiger partial charge in [-0.05, 0) is 18.2 Å². The zero-order chi connectivity index (χ0) is 13.2. The van der Waals surface area contributed by atoms with Crippen LogP contribution >= 0.6 is 0 Å². The largest absolute Gasteiger partial charge is 0.508 e. The van der Waals surface area contributed by atoms with Crippen molar-refractivity contribution in [2.75, 3.05) is 0 Å². The van der Waals surface area contributed by atoms with Crippen molar-refractivity contribution in [1.29, 1.82) is 0 Å². The summed E-state index contributed by atoms with van der Waals surface area (Å²) >= 11 is 0. The molecule has 1 N–H and O–H groups in total. The van der Waals surface area contributed by atoms with Crippen LogP contribution in [0.5, 0.6) is 5.75 Å². The number of aromatic hydroxyl groups is 1. The van der Waals surface area contributed by atoms with Crippen LogP contribution in [0.15, 0.2) is 28.8 Å². The fraction of sp³-hybridized carbons (Fsp3) is 0.273. The summed E-state index contributed by atoms with van der Waals surface area (Å²) in [6, 6.07) is 6.04. The van der Waals surface area contributed by atoms with E-state index in [0.29, 0.717) is 5.56 Å². The molecule has 96 valence electrons. The maximum absolute atomic E-state index is 12.0. The van der Waals surface area contributed by atoms with Gasteiger partial charge >= 0.3 is 6.18 Å². The highest BCUT2D eigenvalue weighted by Crippen LogP contribution is 2.24. The van der Waals surface area contributed by atoms with Crippen LogP contribution in [0.1, 0.15) is 12.2 Å². The van der Waals surface area contributed by atoms with Gasteiger partial charge < -0.3 is 9.63 Å². The summed E-state index contributed by atoms with van der Waals surface area (Å²) in [7, 11) is 0. The number of rotatable bonds is 3. The maximum Gasteiger partial charge on any atom is 0.389 e. The molecule has 0 atom stereocenters. The molecule has 1 aromatic heterocycles. The third kappa shape index (κ3) is 3.22. The molecule has 0 aliphatic rings. The Morgan fingerprint density at radius 1 is 1.28 bits per heavy atom. The van der Waals surface area contributed by atoms with E-state index in [2.05, 4.69) is 10.1 Å². The van der Waals surface area contributed by atoms with Crippen molar-refractivity contribution < 1.29 is 22.8 Å². The highest BCUT2D eigenvalue weighted by atomic mass is 19.4. The van der Waals surface area contributed by atoms with Crippen LogP contribution in [0, 0.1) is 0 Å². The lowest BCUT2D eigenvalue weighted by molar-refractivity contribution is -0.134. The van der Waals surface area contributed by atoms with Gasteiger partial charge in [0.25, 0.3) is 5.89 Å². The van der Waals surface area contributed by atoms with Gasteiger partial charge in [-0.3, -0.25) is 0 Å². The Bertz CT molecular complexity index is 537. The van der Waals surface area contributed by atoms with Crippen molar-refractivity contribution in [2.24, 2.45) is 0 Å². The summed E-state index contributed by atoms with van der Waals surface area (Å²) < 4.78 is 40.8. The van der Waals surface area contributed by atoms with Crippen LogP contribution in [0.3, 0.4) is 0 Å². The number of hydrogen-bond acceptors (Lipinski definition) is 4. The molecule has 0 aliphatic carbocycles. The molecule has 0 saturated heterocycles. The predicted molar refractivity (Wildman–Crippen MR) is 55.8 cm³/mol. The van der Waals surface area contributed by atoms with E-state index in [-0.39, 0.29) is 23.9 Å². The zero-order valence-corrected chi connectivity index (χ0v) is 9.11. The number of phenols is 1. The van der Waals surface area contributed by atoms with E-state index in [4.69, 9.17) is 4.52 Å². The summed E-state index contributed by atoms with van der Waals surface area (Å²) in [5.74, 6) is 0.0938. The second kappa shape index (κ2) is 4.67. The highest BCUT2D eigenvalue weighted by molar-refractivity contribution is 5.55. The Morgan fingerprint density at radius 2 is 2.06 bits per heavy atom. The molecule has 0 radical (unpaired) electrons. The number of hydrogen-bond donors (Lipinski definition) is 1. The molecule has 1 heterocycles. The fourth-order valence-electron chi connectivity index (χ4n) is 1.37. The number of benzene rings is 1. The van der Waals surface area contributed by atoms with E-state index in [1.54, 1.807) is 12.1 Å². The first-order valence-corrected chi connectivity index (χ1v) is 5.13. The molecule has 0 fully saturated rings. The normalized spacial score (nSPS) is 11.7. The molecule has 0 saturated carbocycles. The van der Waals surface area contributed by atoms with Crippen LogP contribution in [0.25, 0.3) is 11.5 Å². The van der Waals surface area contributed by atoms with E-state index in [1.807, 2.05) is 0 Å². The van der Waals surface area contributed by atoms with Crippen LogP contribution in [0.4, 0.5) is 13.2 Å². The number of phenolic OH excluding ortho intramolecular Hbond substituents is 1. The van der Waals surface area contributed by atoms with Crippen molar-refractivity contribution in [3.8, 4) is 17.2 Å². The molecule has 7 heteroatoms. The lowest BCUT2D eigenvalue weighted by atomic mass is 10.2. The van der Waals surface area contributed by atoms with Crippen LogP contribution in [-0.4, -0.2) is 21.4 Å². The molecule has 0 bridgehead atoms. The minimum absolute atomic E-state index is 0.00864. The number of alkyl halides is 3. The summed E-state index contributed by atoms with van der Waals surface area (Å²) in [5, 5.41) is 12.7. The van der Waals surface area contributed by atoms with E-state index < -0.39 is 12.6 Å². The standard InChI is InChI=1S/C11H9F3N2O2/c12-11(13,14)5-4-9-15-10(18-16-9)7-2-1-3-8(17)6-7/h1-3,6,17H,4-5H2. The molecule has 1 aromatic carbocycles. The van der Waals surface area contributed by atoms with Gasteiger partial charge in [0.05, 0.1) is 6.42 Å². The van der Waals surface area contributed by atoms with Gasteiger partial charge in [0, 0.05) is 12.0 Å². The smallest absolute Gasteiger partial charge is 0.389 e. The molecular formula is C11H9F3N2O2. The van der Waals surface area contributed by atoms with Crippen molar-refractivity contribution in [2.45, 2.75) is 19.0 Å². The first-order chi connectivity index (χ1) is 8.44. The van der Waals surface area contributed by atoms with Gasteiger partial charge in [0.1, 0.15) is 5.75 Å². The summed E-state index contributed by atoms with van der Waals surface area (Å²) in [6.07, 6.45) is -5.57. The number of aryl methyl sites for hydroxylation is 1. The fourth-order valence-corrected chi connectivity index (χ4v) is 1.37. The molecule has 18 heavy (non-hydrogen) atoms. The first kappa shape index (κ1) is 12.4. The highest BCUT2D eigenvalue weighted by Gasteiger charge is 2.27. The average molecular weight is 258 g/mol. The third-order valence-corrected chi connectivity index (χ3v) is 2.19. The predicted octanol–water partition coefficient (Wildman–Crippen LogP) is 2.94. The summed E-state index contributed by atoms with van der Waals surface area (Å²) in [5.41, 5.74) is 0.459. The molecule has 0 unspecified atom stereocenters. The lowest BCUT2D eigenvalue weighted by Gasteiger charge is -2.01. The van der Waals surface area contributed by atoms with Crippen LogP contribution < -0.4 is 0 Å². The van der Waals surface area contributed by atoms with Crippen molar-refractivity contribution in [1.82, 2.24) is 10.1 Å². The zero-order valence-electron chi connectivity index (χ0n) is 9.11. The van der Waals surface area contributed by atoms with Gasteiger partial charge in [0.2, 0.25) is 0 Å². The molecule has 4 nitrogen and oxygen atoms in total. The second-order valence-corrected chi connectivity index (χ2v) is 3.68. The molecule has 0 aliphatic heterocycles. The SMILES string of the molecule is Oc1cccc(-c2nc(CCC(F)(F)F)no2)c1. The molecule has 0 spiro atoms. The maximum atomic E-state index is 12.0. The average Bonchev–Trinajstić information content (AvgIpc) is 2.74. The van der Waals surface area contributed by atoms with E-state index in [1.165, 1.54) is 12.1 Å². The Hall–Kier alpha value is -2.05. The molecule has 0 amide bonds. The van der Waals surface area contributed by atoms with Gasteiger partial charge in [0.15, 0.2) is 5.82 Å². The van der Waals surface area contributed by atoms with Gasteiger partial charge in [-0.25, -0.2) is 0 Å². The Balaban J connectivity index is 2.11. The second-order valence-electron chi connectivity index (χ2n) is 3.68. The van der Waals surface area contributed by atoms with Gasteiger partial charge in [-0.1, -0.05) is 11.2 Å². The van der Waals surface area contributed by atoms with Crippen molar-refractivity contribution >= 4 is 0 Å². The molecule has 2 aromatic rings. The Labute approximate surface area is 100 Å². The minimum Gasteiger partial charge on any atom is -0.508 e. The molecular weight excluding hydrogens is 249 g/mol. The lowest BCUT2D eigenvalue weighted by Crippen LogP contribution is -2.09. The van der Waals surface area contributed by atoms with Crippen molar-refractivity contribution in [3.05, 3.63) is 30.1 Å². The van der Waals surface area contributed by atoms with E-state index in [9.17, 15) is 18.3 Å². The molecule has 2 rings (SSSR count). The topological polar surface area (TPSA) is 59.2 Å². The Morgan fingerprint density at radius 3 is 2.72 bits per heavy atom. The van der Waals surface area contributed by atoms with Gasteiger partial charge in [-0.2, -0.15) is 18.2 Å².